The van der Waals surface area contributed by atoms with Crippen LogP contribution in [0.15, 0.2) is 65.9 Å². The summed E-state index contributed by atoms with van der Waals surface area (Å²) >= 11 is 1.33. The Kier molecular flexibility index (Phi) is 6.92. The number of ether oxygens (including phenoxy) is 1. The molecule has 1 atom stereocenters. The monoisotopic (exact) mass is 504 g/mol. The van der Waals surface area contributed by atoms with Crippen molar-refractivity contribution in [1.29, 1.82) is 0 Å². The van der Waals surface area contributed by atoms with Gasteiger partial charge in [-0.25, -0.2) is 4.99 Å². The molecule has 184 valence electrons. The number of aryl methyl sites for hydroxylation is 1. The summed E-state index contributed by atoms with van der Waals surface area (Å²) in [4.78, 5) is 41.4. The molecular weight excluding hydrogens is 480 g/mol. The number of amides is 1. The predicted molar refractivity (Wildman–Crippen MR) is 137 cm³/mol. The van der Waals surface area contributed by atoms with Crippen molar-refractivity contribution in [2.75, 3.05) is 31.2 Å². The number of carbonyl (C=O) groups is 1. The van der Waals surface area contributed by atoms with Crippen LogP contribution in [0.1, 0.15) is 22.2 Å². The number of aromatic nitrogens is 2. The molecule has 2 aromatic carbocycles. The summed E-state index contributed by atoms with van der Waals surface area (Å²) in [6, 6.07) is 14.0. The number of amidine groups is 1. The van der Waals surface area contributed by atoms with Crippen LogP contribution in [0.4, 0.5) is 17.1 Å². The first-order valence-electron chi connectivity index (χ1n) is 11.5. The van der Waals surface area contributed by atoms with E-state index in [4.69, 9.17) is 9.73 Å². The lowest BCUT2D eigenvalue weighted by Crippen LogP contribution is -2.36. The minimum Gasteiger partial charge on any atom is -0.378 e. The Labute approximate surface area is 212 Å². The van der Waals surface area contributed by atoms with Crippen LogP contribution in [0.3, 0.4) is 0 Å². The Morgan fingerprint density at radius 2 is 1.81 bits per heavy atom. The smallest absolute Gasteiger partial charge is 0.269 e. The summed E-state index contributed by atoms with van der Waals surface area (Å²) in [5.74, 6) is -0.153. The number of carbonyl (C=O) groups excluding carboxylic acids is 1. The molecule has 0 N–H and O–H groups in total. The maximum atomic E-state index is 13.5. The van der Waals surface area contributed by atoms with Crippen LogP contribution in [0.25, 0.3) is 0 Å². The third-order valence-electron chi connectivity index (χ3n) is 5.96. The zero-order valence-corrected chi connectivity index (χ0v) is 20.4. The minimum atomic E-state index is -0.560. The van der Waals surface area contributed by atoms with Crippen LogP contribution in [-0.2, 0) is 16.1 Å². The van der Waals surface area contributed by atoms with E-state index in [9.17, 15) is 14.9 Å². The summed E-state index contributed by atoms with van der Waals surface area (Å²) in [7, 11) is 0. The van der Waals surface area contributed by atoms with Gasteiger partial charge in [-0.05, 0) is 36.8 Å². The van der Waals surface area contributed by atoms with Crippen LogP contribution in [0, 0.1) is 17.0 Å². The van der Waals surface area contributed by atoms with Crippen molar-refractivity contribution in [3.05, 3.63) is 88.0 Å². The molecule has 10 nitrogen and oxygen atoms in total. The number of rotatable bonds is 6. The highest BCUT2D eigenvalue weighted by Crippen LogP contribution is 2.41. The zero-order chi connectivity index (χ0) is 25.1. The summed E-state index contributed by atoms with van der Waals surface area (Å²) < 4.78 is 5.43. The first-order chi connectivity index (χ1) is 17.5. The van der Waals surface area contributed by atoms with Crippen LogP contribution >= 0.6 is 11.8 Å². The number of morpholine rings is 1. The van der Waals surface area contributed by atoms with E-state index in [-0.39, 0.29) is 18.1 Å². The van der Waals surface area contributed by atoms with Gasteiger partial charge in [0, 0.05) is 37.1 Å². The summed E-state index contributed by atoms with van der Waals surface area (Å²) in [6.45, 7) is 5.20. The predicted octanol–water partition coefficient (Wildman–Crippen LogP) is 4.03. The summed E-state index contributed by atoms with van der Waals surface area (Å²) in [6.07, 6.45) is 3.32. The van der Waals surface area contributed by atoms with Crippen LogP contribution < -0.4 is 4.90 Å². The van der Waals surface area contributed by atoms with E-state index >= 15 is 0 Å². The van der Waals surface area contributed by atoms with E-state index in [1.807, 2.05) is 31.2 Å². The summed E-state index contributed by atoms with van der Waals surface area (Å²) in [5, 5.41) is 11.0. The molecule has 36 heavy (non-hydrogen) atoms. The van der Waals surface area contributed by atoms with Gasteiger partial charge in [0.05, 0.1) is 48.0 Å². The van der Waals surface area contributed by atoms with Gasteiger partial charge in [-0.15, -0.1) is 0 Å². The number of hydrogen-bond acceptors (Lipinski definition) is 9. The van der Waals surface area contributed by atoms with Crippen LogP contribution in [-0.4, -0.2) is 57.2 Å². The van der Waals surface area contributed by atoms with Gasteiger partial charge in [0.15, 0.2) is 5.17 Å². The van der Waals surface area contributed by atoms with Crippen molar-refractivity contribution in [2.45, 2.75) is 18.7 Å². The van der Waals surface area contributed by atoms with Crippen molar-refractivity contribution >= 4 is 39.9 Å². The Hall–Kier alpha value is -3.83. The molecule has 11 heteroatoms. The molecule has 3 aromatic rings. The molecule has 1 aromatic heterocycles. The fourth-order valence-electron chi connectivity index (χ4n) is 4.00. The second kappa shape index (κ2) is 10.4. The number of nitrogens with zero attached hydrogens (tertiary/aromatic N) is 6. The van der Waals surface area contributed by atoms with Crippen molar-refractivity contribution < 1.29 is 14.5 Å². The fraction of sp³-hybridized carbons (Fsp3) is 0.280. The van der Waals surface area contributed by atoms with Gasteiger partial charge in [-0.2, -0.15) is 0 Å². The first-order valence-corrected chi connectivity index (χ1v) is 12.4. The number of nitro benzene ring substituents is 1. The van der Waals surface area contributed by atoms with Gasteiger partial charge in [0.2, 0.25) is 5.91 Å². The van der Waals surface area contributed by atoms with Crippen molar-refractivity contribution in [2.24, 2.45) is 4.99 Å². The first kappa shape index (κ1) is 23.9. The Balaban J connectivity index is 1.43. The van der Waals surface area contributed by atoms with Gasteiger partial charge in [0.25, 0.3) is 5.69 Å². The molecule has 2 saturated heterocycles. The lowest BCUT2D eigenvalue weighted by Gasteiger charge is -2.28. The molecule has 0 bridgehead atoms. The normalized spacial score (nSPS) is 19.2. The van der Waals surface area contributed by atoms with Gasteiger partial charge < -0.3 is 9.64 Å². The molecule has 0 aliphatic carbocycles. The van der Waals surface area contributed by atoms with E-state index in [2.05, 4.69) is 14.9 Å². The molecule has 5 rings (SSSR count). The molecule has 0 spiro atoms. The van der Waals surface area contributed by atoms with Gasteiger partial charge in [-0.3, -0.25) is 29.8 Å². The lowest BCUT2D eigenvalue weighted by atomic mass is 10.1. The molecule has 1 unspecified atom stereocenters. The quantitative estimate of drug-likeness (QED) is 0.365. The number of aliphatic imine (C=N–C) groups is 1. The molecule has 0 saturated carbocycles. The van der Waals surface area contributed by atoms with E-state index in [0.717, 1.165) is 30.2 Å². The van der Waals surface area contributed by atoms with Crippen LogP contribution in [0.5, 0.6) is 0 Å². The van der Waals surface area contributed by atoms with E-state index in [0.29, 0.717) is 29.6 Å². The maximum absolute atomic E-state index is 13.5. The van der Waals surface area contributed by atoms with E-state index in [1.165, 1.54) is 23.9 Å². The second-order valence-electron chi connectivity index (χ2n) is 8.43. The average Bonchev–Trinajstić information content (AvgIpc) is 3.21. The van der Waals surface area contributed by atoms with Gasteiger partial charge in [0.1, 0.15) is 5.25 Å². The number of nitro groups is 1. The Morgan fingerprint density at radius 1 is 1.08 bits per heavy atom. The number of hydrogen-bond donors (Lipinski definition) is 0. The maximum Gasteiger partial charge on any atom is 0.269 e. The summed E-state index contributed by atoms with van der Waals surface area (Å²) in [5.41, 5.74) is 3.94. The highest BCUT2D eigenvalue weighted by Gasteiger charge is 2.39. The third-order valence-corrected chi connectivity index (χ3v) is 7.19. The fourth-order valence-corrected chi connectivity index (χ4v) is 5.17. The van der Waals surface area contributed by atoms with Gasteiger partial charge in [-0.1, -0.05) is 23.9 Å². The van der Waals surface area contributed by atoms with E-state index < -0.39 is 10.2 Å². The highest BCUT2D eigenvalue weighted by atomic mass is 32.2. The average molecular weight is 505 g/mol. The molecule has 2 aliphatic rings. The molecule has 0 radical (unpaired) electrons. The molecule has 1 amide bonds. The number of anilines is 1. The molecule has 2 aliphatic heterocycles. The highest BCUT2D eigenvalue weighted by molar-refractivity contribution is 8.15. The molecule has 3 heterocycles. The van der Waals surface area contributed by atoms with Crippen molar-refractivity contribution in [3.63, 3.8) is 0 Å². The van der Waals surface area contributed by atoms with Crippen LogP contribution in [0.2, 0.25) is 0 Å². The Bertz CT molecular complexity index is 1280. The van der Waals surface area contributed by atoms with E-state index in [1.54, 1.807) is 29.4 Å². The molecule has 2 fully saturated rings. The third kappa shape index (κ3) is 5.21. The van der Waals surface area contributed by atoms with Crippen molar-refractivity contribution in [3.8, 4) is 0 Å². The standard InChI is InChI=1S/C25H24N6O4S/c1-17-14-27-20(15-26-17)16-30-24(32)23(18-2-6-22(7-3-18)31(33)34)36-25(30)28-19-4-8-21(9-5-19)29-10-12-35-13-11-29/h2-9,14-15,23H,10-13,16H2,1H3/b28-25+. The topological polar surface area (TPSA) is 114 Å². The number of non-ortho nitro benzene ring substituents is 1. The SMILES string of the molecule is Cc1cnc(CN2C(=O)C(c3ccc([N+](=O)[O-])cc3)S/C2=N/c2ccc(N3CCOCC3)cc2)cn1. The number of benzene rings is 2. The molecular formula is C25H24N6O4S. The van der Waals surface area contributed by atoms with Crippen molar-refractivity contribution in [1.82, 2.24) is 14.9 Å². The Morgan fingerprint density at radius 3 is 2.44 bits per heavy atom. The zero-order valence-electron chi connectivity index (χ0n) is 19.6. The number of thioether (sulfide) groups is 1. The second-order valence-corrected chi connectivity index (χ2v) is 9.50. The lowest BCUT2D eigenvalue weighted by molar-refractivity contribution is -0.384. The largest absolute Gasteiger partial charge is 0.378 e. The van der Waals surface area contributed by atoms with Gasteiger partial charge >= 0.3 is 0 Å². The minimum absolute atomic E-state index is 0.0183.